The predicted molar refractivity (Wildman–Crippen MR) is 94.6 cm³/mol. The van der Waals surface area contributed by atoms with E-state index in [-0.39, 0.29) is 23.0 Å². The molecule has 0 radical (unpaired) electrons. The lowest BCUT2D eigenvalue weighted by Crippen LogP contribution is -2.82. The Kier molecular flexibility index (Phi) is 1.70. The summed E-state index contributed by atoms with van der Waals surface area (Å²) in [7, 11) is 0. The van der Waals surface area contributed by atoms with Crippen LogP contribution < -0.4 is 0 Å². The first-order valence-electron chi connectivity index (χ1n) is 11.0. The van der Waals surface area contributed by atoms with Gasteiger partial charge in [0, 0.05) is 11.3 Å². The summed E-state index contributed by atoms with van der Waals surface area (Å²) in [6, 6.07) is 10.7. The molecule has 1 aromatic rings. The highest BCUT2D eigenvalue weighted by atomic mass is 16.5. The van der Waals surface area contributed by atoms with Crippen molar-refractivity contribution in [2.45, 2.75) is 42.8 Å². The molecule has 1 aromatic carbocycles. The van der Waals surface area contributed by atoms with Crippen molar-refractivity contribution in [2.24, 2.45) is 52.3 Å². The summed E-state index contributed by atoms with van der Waals surface area (Å²) in [6.45, 7) is 0. The van der Waals surface area contributed by atoms with Crippen LogP contribution in [0.15, 0.2) is 30.3 Å². The average Bonchev–Trinajstić information content (AvgIpc) is 2.92. The van der Waals surface area contributed by atoms with E-state index in [1.54, 1.807) is 0 Å². The third-order valence-corrected chi connectivity index (χ3v) is 11.6. The van der Waals surface area contributed by atoms with Crippen molar-refractivity contribution in [1.29, 1.82) is 0 Å². The topological polar surface area (TPSA) is 43.4 Å². The molecule has 11 rings (SSSR count). The molecule has 1 aliphatic heterocycles. The van der Waals surface area contributed by atoms with Crippen LogP contribution in [0.25, 0.3) is 0 Å². The van der Waals surface area contributed by atoms with Gasteiger partial charge in [0.05, 0.1) is 22.5 Å². The van der Waals surface area contributed by atoms with Crippen molar-refractivity contribution >= 4 is 12.1 Å². The number of hydrogen-bond donors (Lipinski definition) is 0. The smallest absolute Gasteiger partial charge is 0.149 e. The molecular formula is C24H22O3. The molecule has 1 heterocycles. The molecule has 10 aliphatic rings. The largest absolute Gasteiger partial charge is 0.369 e. The van der Waals surface area contributed by atoms with E-state index in [2.05, 4.69) is 30.3 Å². The molecule has 10 fully saturated rings. The highest BCUT2D eigenvalue weighted by Gasteiger charge is 3.07. The van der Waals surface area contributed by atoms with E-state index in [0.717, 1.165) is 12.8 Å². The average molecular weight is 358 g/mol. The summed E-state index contributed by atoms with van der Waals surface area (Å²) in [6.07, 6.45) is 6.09. The summed E-state index contributed by atoms with van der Waals surface area (Å²) < 4.78 is 6.98. The third-order valence-electron chi connectivity index (χ3n) is 11.6. The lowest BCUT2D eigenvalue weighted by atomic mass is 9.29. The summed E-state index contributed by atoms with van der Waals surface area (Å²) in [5, 5.41) is 0. The summed E-state index contributed by atoms with van der Waals surface area (Å²) in [5.41, 5.74) is 0.0281. The van der Waals surface area contributed by atoms with E-state index in [9.17, 15) is 9.59 Å². The molecule has 0 N–H and O–H groups in total. The molecule has 0 amide bonds. The minimum Gasteiger partial charge on any atom is -0.369 e. The maximum absolute atomic E-state index is 14.1. The second-order valence-corrected chi connectivity index (χ2v) is 11.0. The Morgan fingerprint density at radius 2 is 1.89 bits per heavy atom. The van der Waals surface area contributed by atoms with Crippen LogP contribution >= 0.6 is 0 Å². The molecule has 10 bridgehead atoms. The van der Waals surface area contributed by atoms with Gasteiger partial charge in [-0.05, 0) is 66.8 Å². The van der Waals surface area contributed by atoms with Gasteiger partial charge in [-0.25, -0.2) is 0 Å². The monoisotopic (exact) mass is 358 g/mol. The van der Waals surface area contributed by atoms with Crippen molar-refractivity contribution in [3.63, 3.8) is 0 Å². The molecular weight excluding hydrogens is 336 g/mol. The van der Waals surface area contributed by atoms with Crippen LogP contribution in [0.3, 0.4) is 0 Å². The van der Waals surface area contributed by atoms with Gasteiger partial charge >= 0.3 is 0 Å². The Balaban J connectivity index is 1.38. The van der Waals surface area contributed by atoms with Crippen molar-refractivity contribution < 1.29 is 14.3 Å². The van der Waals surface area contributed by atoms with Gasteiger partial charge in [0.25, 0.3) is 0 Å². The fourth-order valence-corrected chi connectivity index (χ4v) is 11.8. The molecule has 3 nitrogen and oxygen atoms in total. The fourth-order valence-electron chi connectivity index (χ4n) is 11.8. The van der Waals surface area contributed by atoms with Crippen LogP contribution in [0.1, 0.15) is 31.2 Å². The number of ketones is 1. The van der Waals surface area contributed by atoms with Gasteiger partial charge in [-0.15, -0.1) is 0 Å². The van der Waals surface area contributed by atoms with Crippen LogP contribution in [0.5, 0.6) is 0 Å². The van der Waals surface area contributed by atoms with Crippen molar-refractivity contribution in [2.75, 3.05) is 0 Å². The summed E-state index contributed by atoms with van der Waals surface area (Å²) in [5.74, 6) is 3.60. The zero-order valence-electron chi connectivity index (χ0n) is 15.1. The van der Waals surface area contributed by atoms with Gasteiger partial charge in [-0.2, -0.15) is 0 Å². The van der Waals surface area contributed by atoms with Crippen LogP contribution in [0.4, 0.5) is 0 Å². The molecule has 0 unspecified atom stereocenters. The zero-order valence-corrected chi connectivity index (χ0v) is 15.1. The van der Waals surface area contributed by atoms with Crippen LogP contribution in [0.2, 0.25) is 0 Å². The molecule has 27 heavy (non-hydrogen) atoms. The van der Waals surface area contributed by atoms with E-state index < -0.39 is 10.8 Å². The minimum absolute atomic E-state index is 0.0856. The van der Waals surface area contributed by atoms with Gasteiger partial charge < -0.3 is 9.53 Å². The predicted octanol–water partition coefficient (Wildman–Crippen LogP) is 2.77. The summed E-state index contributed by atoms with van der Waals surface area (Å²) in [4.78, 5) is 27.1. The van der Waals surface area contributed by atoms with Gasteiger partial charge in [0.1, 0.15) is 12.1 Å². The molecule has 9 aliphatic carbocycles. The van der Waals surface area contributed by atoms with Crippen molar-refractivity contribution in [1.82, 2.24) is 0 Å². The first-order chi connectivity index (χ1) is 13.2. The third kappa shape index (κ3) is 0.815. The van der Waals surface area contributed by atoms with E-state index in [4.69, 9.17) is 4.74 Å². The zero-order chi connectivity index (χ0) is 17.6. The number of rotatable bonds is 2. The molecule has 3 heteroatoms. The fraction of sp³-hybridized carbons (Fsp3) is 0.667. The number of aldehydes is 1. The Labute approximate surface area is 157 Å². The number of carbonyl (C=O) groups is 2. The lowest BCUT2D eigenvalue weighted by Gasteiger charge is -2.74. The summed E-state index contributed by atoms with van der Waals surface area (Å²) >= 11 is 0. The Bertz CT molecular complexity index is 1000. The van der Waals surface area contributed by atoms with E-state index in [1.807, 2.05) is 0 Å². The normalized spacial score (nSPS) is 68.8. The maximum Gasteiger partial charge on any atom is 0.149 e. The first-order valence-corrected chi connectivity index (χ1v) is 11.0. The Morgan fingerprint density at radius 1 is 1.07 bits per heavy atom. The van der Waals surface area contributed by atoms with Crippen LogP contribution in [-0.4, -0.2) is 23.8 Å². The molecule has 2 spiro atoms. The van der Waals surface area contributed by atoms with Gasteiger partial charge in [-0.3, -0.25) is 4.79 Å². The molecule has 9 saturated carbocycles. The Hall–Kier alpha value is -1.48. The lowest BCUT2D eigenvalue weighted by molar-refractivity contribution is -0.315. The van der Waals surface area contributed by atoms with E-state index >= 15 is 0 Å². The number of carbonyl (C=O) groups excluding carboxylic acids is 2. The second-order valence-electron chi connectivity index (χ2n) is 11.0. The number of benzene rings is 1. The van der Waals surface area contributed by atoms with Gasteiger partial charge in [0.15, 0.2) is 0 Å². The quantitative estimate of drug-likeness (QED) is 0.764. The molecule has 12 atom stereocenters. The van der Waals surface area contributed by atoms with Crippen molar-refractivity contribution in [3.05, 3.63) is 35.9 Å². The van der Waals surface area contributed by atoms with Gasteiger partial charge in [0.2, 0.25) is 0 Å². The van der Waals surface area contributed by atoms with E-state index in [0.29, 0.717) is 41.3 Å². The highest BCUT2D eigenvalue weighted by molar-refractivity contribution is 6.03. The van der Waals surface area contributed by atoms with Crippen molar-refractivity contribution in [3.8, 4) is 0 Å². The number of Topliss-reactive ketones (excluding diaryl/α,β-unsaturated/α-hetero) is 1. The maximum atomic E-state index is 14.1. The number of hydrogen-bond acceptors (Lipinski definition) is 3. The minimum atomic E-state index is -0.474. The second kappa shape index (κ2) is 3.36. The van der Waals surface area contributed by atoms with Crippen LogP contribution in [0, 0.1) is 52.3 Å². The molecule has 136 valence electrons. The highest BCUT2D eigenvalue weighted by Crippen LogP contribution is 3.01. The van der Waals surface area contributed by atoms with E-state index in [1.165, 1.54) is 24.7 Å². The number of fused-ring (bicyclic) bond motifs is 1. The number of ether oxygens (including phenoxy) is 1. The SMILES string of the molecule is O=C[C@@]12[C@H]3C[C@H](C[C@@]31c1ccccc1)[C@@]13O[C@@H]4[C@H]5CC[C@H]6[C@@H]4C(=O)[C@]12[C@H]6[C@H]53. The van der Waals surface area contributed by atoms with Crippen LogP contribution in [-0.2, 0) is 19.7 Å². The molecule has 1 saturated heterocycles. The first kappa shape index (κ1) is 13.7. The molecule has 0 aromatic heterocycles. The standard InChI is InChI=1S/C24H22O3/c25-10-22-15-8-12(9-21(15,22)11-4-2-1-3-5-11)24-18-14-7-6-13-16(19(14)27-24)20(26)23(22,24)17(13)18/h1-5,10,12-19H,6-9H2/t12-,13+,14+,15+,16+,17-,18+,19-,21-,22-,23+,24+/m1/s1. The Morgan fingerprint density at radius 3 is 2.70 bits per heavy atom. The van der Waals surface area contributed by atoms with Gasteiger partial charge in [-0.1, -0.05) is 30.3 Å².